The maximum atomic E-state index is 2.47. The summed E-state index contributed by atoms with van der Waals surface area (Å²) in [6.45, 7) is 8.91. The molecule has 142 valence electrons. The van der Waals surface area contributed by atoms with E-state index in [4.69, 9.17) is 0 Å². The summed E-state index contributed by atoms with van der Waals surface area (Å²) in [5.41, 5.74) is 8.37. The molecule has 2 aromatic rings. The fourth-order valence-electron chi connectivity index (χ4n) is 3.39. The molecule has 0 fully saturated rings. The fourth-order valence-corrected chi connectivity index (χ4v) is 3.39. The van der Waals surface area contributed by atoms with Gasteiger partial charge in [0.25, 0.3) is 0 Å². The molecule has 0 heteroatoms. The summed E-state index contributed by atoms with van der Waals surface area (Å²) in [5, 5.41) is 0. The molecule has 0 aromatic heterocycles. The summed E-state index contributed by atoms with van der Waals surface area (Å²) < 4.78 is 0. The third kappa shape index (κ3) is 6.40. The predicted octanol–water partition coefficient (Wildman–Crippen LogP) is 8.48. The van der Waals surface area contributed by atoms with Crippen molar-refractivity contribution < 1.29 is 0 Å². The number of rotatable bonds is 9. The van der Waals surface area contributed by atoms with E-state index < -0.39 is 0 Å². The molecule has 0 saturated heterocycles. The highest BCUT2D eigenvalue weighted by molar-refractivity contribution is 5.98. The lowest BCUT2D eigenvalue weighted by atomic mass is 9.85. The Morgan fingerprint density at radius 1 is 0.741 bits per heavy atom. The van der Waals surface area contributed by atoms with Gasteiger partial charge in [-0.15, -0.1) is 0 Å². The molecule has 2 rings (SSSR count). The molecule has 0 radical (unpaired) electrons. The average Bonchev–Trinajstić information content (AvgIpc) is 2.70. The average molecular weight is 359 g/mol. The van der Waals surface area contributed by atoms with Crippen LogP contribution in [-0.2, 0) is 0 Å². The number of hydrogen-bond donors (Lipinski definition) is 0. The third-order valence-electron chi connectivity index (χ3n) is 4.72. The molecule has 0 heterocycles. The van der Waals surface area contributed by atoms with E-state index in [9.17, 15) is 0 Å². The minimum atomic E-state index is 0.962. The Bertz CT molecular complexity index is 769. The van der Waals surface area contributed by atoms with E-state index in [1.807, 2.05) is 0 Å². The normalized spacial score (nSPS) is 12.5. The van der Waals surface area contributed by atoms with Crippen LogP contribution in [-0.4, -0.2) is 0 Å². The first kappa shape index (κ1) is 21.0. The van der Waals surface area contributed by atoms with Crippen LogP contribution in [0.25, 0.3) is 11.1 Å². The van der Waals surface area contributed by atoms with Crippen LogP contribution in [0.4, 0.5) is 0 Å². The number of benzene rings is 2. The Balaban J connectivity index is 2.75. The van der Waals surface area contributed by atoms with Gasteiger partial charge in [-0.1, -0.05) is 105 Å². The van der Waals surface area contributed by atoms with E-state index in [2.05, 4.69) is 101 Å². The first-order valence-electron chi connectivity index (χ1n) is 10.3. The quantitative estimate of drug-likeness (QED) is 0.239. The number of hydrogen-bond acceptors (Lipinski definition) is 0. The molecular formula is C27H34. The Labute approximate surface area is 166 Å². The molecule has 0 unspecified atom stereocenters. The monoisotopic (exact) mass is 358 g/mol. The summed E-state index contributed by atoms with van der Waals surface area (Å²) in [5.74, 6) is 0. The third-order valence-corrected chi connectivity index (χ3v) is 4.72. The Morgan fingerprint density at radius 2 is 1.33 bits per heavy atom. The summed E-state index contributed by atoms with van der Waals surface area (Å²) in [4.78, 5) is 0. The molecule has 0 amide bonds. The highest BCUT2D eigenvalue weighted by Gasteiger charge is 2.15. The van der Waals surface area contributed by atoms with Crippen molar-refractivity contribution in [3.05, 3.63) is 95.1 Å². The maximum absolute atomic E-state index is 2.47. The van der Waals surface area contributed by atoms with Crippen LogP contribution < -0.4 is 0 Å². The van der Waals surface area contributed by atoms with Gasteiger partial charge in [0.1, 0.15) is 0 Å². The van der Waals surface area contributed by atoms with Crippen molar-refractivity contribution in [2.75, 3.05) is 0 Å². The first-order chi connectivity index (χ1) is 13.2. The molecule has 0 aliphatic carbocycles. The summed E-state index contributed by atoms with van der Waals surface area (Å²) >= 11 is 0. The van der Waals surface area contributed by atoms with Crippen LogP contribution in [0.5, 0.6) is 0 Å². The second kappa shape index (κ2) is 11.4. The van der Waals surface area contributed by atoms with Crippen molar-refractivity contribution in [3.8, 4) is 0 Å². The van der Waals surface area contributed by atoms with Gasteiger partial charge in [-0.3, -0.25) is 0 Å². The summed E-state index contributed by atoms with van der Waals surface area (Å²) in [6, 6.07) is 21.8. The molecule has 2 aromatic carbocycles. The van der Waals surface area contributed by atoms with Crippen molar-refractivity contribution in [1.29, 1.82) is 0 Å². The van der Waals surface area contributed by atoms with Crippen molar-refractivity contribution in [2.45, 2.75) is 59.8 Å². The van der Waals surface area contributed by atoms with Gasteiger partial charge in [0, 0.05) is 0 Å². The second-order valence-corrected chi connectivity index (χ2v) is 7.34. The first-order valence-corrected chi connectivity index (χ1v) is 10.3. The molecular weight excluding hydrogens is 324 g/mol. The zero-order valence-electron chi connectivity index (χ0n) is 17.5. The molecule has 0 aliphatic rings. The summed E-state index contributed by atoms with van der Waals surface area (Å²) in [7, 11) is 0. The van der Waals surface area contributed by atoms with E-state index in [0.29, 0.717) is 0 Å². The zero-order valence-corrected chi connectivity index (χ0v) is 17.5. The van der Waals surface area contributed by atoms with Crippen LogP contribution in [0.2, 0.25) is 0 Å². The molecule has 0 atom stereocenters. The van der Waals surface area contributed by atoms with Crippen molar-refractivity contribution in [3.63, 3.8) is 0 Å². The zero-order chi connectivity index (χ0) is 19.5. The molecule has 0 nitrogen and oxygen atoms in total. The van der Waals surface area contributed by atoms with Crippen LogP contribution in [0.1, 0.15) is 70.9 Å². The van der Waals surface area contributed by atoms with E-state index in [1.165, 1.54) is 39.8 Å². The van der Waals surface area contributed by atoms with E-state index in [1.54, 1.807) is 0 Å². The standard InChI is InChI=1S/C27H34/c1-5-7-15-24(14-6-2)27(25-18-12-9-13-19-25)26(21-20-22(3)4)23-16-10-8-11-17-23/h8-13,15-20H,5-7,14,21H2,1-4H3. The lowest BCUT2D eigenvalue weighted by Gasteiger charge is -2.19. The fraction of sp³-hybridized carbons (Fsp3) is 0.333. The van der Waals surface area contributed by atoms with Crippen LogP contribution in [0.15, 0.2) is 84.0 Å². The molecule has 27 heavy (non-hydrogen) atoms. The highest BCUT2D eigenvalue weighted by atomic mass is 14.2. The smallest absolute Gasteiger partial charge is 0.00828 e. The molecule has 0 N–H and O–H groups in total. The Hall–Kier alpha value is -2.34. The number of allylic oxidation sites excluding steroid dienone is 6. The van der Waals surface area contributed by atoms with Gasteiger partial charge in [0.15, 0.2) is 0 Å². The van der Waals surface area contributed by atoms with Crippen LogP contribution >= 0.6 is 0 Å². The van der Waals surface area contributed by atoms with Crippen molar-refractivity contribution in [2.24, 2.45) is 0 Å². The summed E-state index contributed by atoms with van der Waals surface area (Å²) in [6.07, 6.45) is 10.4. The maximum Gasteiger partial charge on any atom is -0.00828 e. The van der Waals surface area contributed by atoms with E-state index >= 15 is 0 Å². The van der Waals surface area contributed by atoms with Gasteiger partial charge >= 0.3 is 0 Å². The Morgan fingerprint density at radius 3 is 1.85 bits per heavy atom. The lowest BCUT2D eigenvalue weighted by molar-refractivity contribution is 0.898. The lowest BCUT2D eigenvalue weighted by Crippen LogP contribution is -1.97. The van der Waals surface area contributed by atoms with Gasteiger partial charge in [-0.2, -0.15) is 0 Å². The van der Waals surface area contributed by atoms with Crippen LogP contribution in [0, 0.1) is 0 Å². The minimum Gasteiger partial charge on any atom is -0.0814 e. The van der Waals surface area contributed by atoms with Crippen LogP contribution in [0.3, 0.4) is 0 Å². The van der Waals surface area contributed by atoms with Gasteiger partial charge in [-0.05, 0) is 61.0 Å². The largest absolute Gasteiger partial charge is 0.0814 e. The molecule has 0 aliphatic heterocycles. The second-order valence-electron chi connectivity index (χ2n) is 7.34. The van der Waals surface area contributed by atoms with E-state index in [0.717, 1.165) is 25.7 Å². The van der Waals surface area contributed by atoms with Gasteiger partial charge < -0.3 is 0 Å². The van der Waals surface area contributed by atoms with Crippen molar-refractivity contribution in [1.82, 2.24) is 0 Å². The van der Waals surface area contributed by atoms with E-state index in [-0.39, 0.29) is 0 Å². The van der Waals surface area contributed by atoms with Gasteiger partial charge in [-0.25, -0.2) is 0 Å². The molecule has 0 bridgehead atoms. The Kier molecular flexibility index (Phi) is 8.84. The van der Waals surface area contributed by atoms with Gasteiger partial charge in [0.05, 0.1) is 0 Å². The minimum absolute atomic E-state index is 0.962. The van der Waals surface area contributed by atoms with Gasteiger partial charge in [0.2, 0.25) is 0 Å². The number of unbranched alkanes of at least 4 members (excludes halogenated alkanes) is 1. The molecule has 0 saturated carbocycles. The molecule has 0 spiro atoms. The SMILES string of the molecule is CCCC=C(CCC)C(=C(CC=C(C)C)c1ccccc1)c1ccccc1. The highest BCUT2D eigenvalue weighted by Crippen LogP contribution is 2.37. The van der Waals surface area contributed by atoms with Crippen molar-refractivity contribution >= 4 is 11.1 Å². The predicted molar refractivity (Wildman–Crippen MR) is 122 cm³/mol. The topological polar surface area (TPSA) is 0 Å².